The van der Waals surface area contributed by atoms with Gasteiger partial charge in [0.05, 0.1) is 13.0 Å². The molecule has 0 atom stereocenters. The molecule has 0 saturated carbocycles. The lowest BCUT2D eigenvalue weighted by Gasteiger charge is -2.11. The second-order valence-electron chi connectivity index (χ2n) is 4.53. The molecule has 0 aliphatic rings. The fourth-order valence-electron chi connectivity index (χ4n) is 1.91. The van der Waals surface area contributed by atoms with Gasteiger partial charge in [0.1, 0.15) is 17.9 Å². The van der Waals surface area contributed by atoms with Crippen LogP contribution in [0.5, 0.6) is 5.75 Å². The number of halogens is 1. The molecule has 0 aromatic heterocycles. The minimum Gasteiger partial charge on any atom is -0.488 e. The summed E-state index contributed by atoms with van der Waals surface area (Å²) >= 11 is 5.54. The van der Waals surface area contributed by atoms with Crippen LogP contribution in [0.2, 0.25) is 0 Å². The molecule has 4 nitrogen and oxygen atoms in total. The SMILES string of the molecule is COC(=O)c1cc(C(=O)CCl)ccc1OCc1ccccc1. The average Bonchev–Trinajstić information content (AvgIpc) is 2.59. The van der Waals surface area contributed by atoms with Crippen molar-refractivity contribution in [1.29, 1.82) is 0 Å². The highest BCUT2D eigenvalue weighted by atomic mass is 35.5. The van der Waals surface area contributed by atoms with Gasteiger partial charge in [0.25, 0.3) is 0 Å². The summed E-state index contributed by atoms with van der Waals surface area (Å²) in [7, 11) is 1.28. The summed E-state index contributed by atoms with van der Waals surface area (Å²) in [5.74, 6) is -0.610. The predicted molar refractivity (Wildman–Crippen MR) is 83.6 cm³/mol. The van der Waals surface area contributed by atoms with Crippen molar-refractivity contribution in [2.24, 2.45) is 0 Å². The Hall–Kier alpha value is -2.33. The Bertz CT molecular complexity index is 668. The number of ether oxygens (including phenoxy) is 2. The zero-order valence-electron chi connectivity index (χ0n) is 12.0. The number of alkyl halides is 1. The molecule has 2 aromatic carbocycles. The Balaban J connectivity index is 2.26. The summed E-state index contributed by atoms with van der Waals surface area (Å²) in [5.41, 5.74) is 1.52. The van der Waals surface area contributed by atoms with E-state index in [9.17, 15) is 9.59 Å². The van der Waals surface area contributed by atoms with Crippen molar-refractivity contribution in [2.75, 3.05) is 13.0 Å². The van der Waals surface area contributed by atoms with Crippen LogP contribution in [0.1, 0.15) is 26.3 Å². The van der Waals surface area contributed by atoms with Crippen LogP contribution in [-0.2, 0) is 11.3 Å². The van der Waals surface area contributed by atoms with Crippen LogP contribution in [0.15, 0.2) is 48.5 Å². The van der Waals surface area contributed by atoms with Gasteiger partial charge in [-0.2, -0.15) is 0 Å². The van der Waals surface area contributed by atoms with E-state index < -0.39 is 5.97 Å². The van der Waals surface area contributed by atoms with Gasteiger partial charge in [-0.05, 0) is 23.8 Å². The quantitative estimate of drug-likeness (QED) is 0.465. The van der Waals surface area contributed by atoms with Gasteiger partial charge in [-0.3, -0.25) is 4.79 Å². The smallest absolute Gasteiger partial charge is 0.341 e. The van der Waals surface area contributed by atoms with Gasteiger partial charge in [0.15, 0.2) is 5.78 Å². The molecule has 22 heavy (non-hydrogen) atoms. The number of benzene rings is 2. The molecule has 0 bridgehead atoms. The number of hydrogen-bond acceptors (Lipinski definition) is 4. The Labute approximate surface area is 133 Å². The highest BCUT2D eigenvalue weighted by Crippen LogP contribution is 2.23. The summed E-state index contributed by atoms with van der Waals surface area (Å²) in [4.78, 5) is 23.5. The first-order valence-corrected chi connectivity index (χ1v) is 7.17. The largest absolute Gasteiger partial charge is 0.488 e. The van der Waals surface area contributed by atoms with Gasteiger partial charge in [-0.1, -0.05) is 30.3 Å². The maximum atomic E-state index is 11.9. The van der Waals surface area contributed by atoms with Crippen molar-refractivity contribution in [3.63, 3.8) is 0 Å². The third kappa shape index (κ3) is 3.86. The third-order valence-corrected chi connectivity index (χ3v) is 3.31. The van der Waals surface area contributed by atoms with E-state index in [-0.39, 0.29) is 17.2 Å². The maximum absolute atomic E-state index is 11.9. The van der Waals surface area contributed by atoms with E-state index in [4.69, 9.17) is 21.1 Å². The van der Waals surface area contributed by atoms with E-state index in [2.05, 4.69) is 0 Å². The number of rotatable bonds is 6. The molecule has 2 aromatic rings. The molecule has 0 fully saturated rings. The molecule has 0 radical (unpaired) electrons. The van der Waals surface area contributed by atoms with Crippen molar-refractivity contribution >= 4 is 23.4 Å². The van der Waals surface area contributed by atoms with E-state index >= 15 is 0 Å². The predicted octanol–water partition coefficient (Wildman–Crippen LogP) is 3.47. The standard InChI is InChI=1S/C17H15ClO4/c1-21-17(20)14-9-13(15(19)10-18)7-8-16(14)22-11-12-5-3-2-4-6-12/h2-9H,10-11H2,1H3. The minimum atomic E-state index is -0.563. The molecule has 114 valence electrons. The van der Waals surface area contributed by atoms with Crippen LogP contribution in [-0.4, -0.2) is 24.7 Å². The van der Waals surface area contributed by atoms with Gasteiger partial charge in [0, 0.05) is 5.56 Å². The first kappa shape index (κ1) is 16.0. The molecular weight excluding hydrogens is 304 g/mol. The Kier molecular flexibility index (Phi) is 5.55. The summed E-state index contributed by atoms with van der Waals surface area (Å²) in [6.07, 6.45) is 0. The van der Waals surface area contributed by atoms with Gasteiger partial charge >= 0.3 is 5.97 Å². The fourth-order valence-corrected chi connectivity index (χ4v) is 2.07. The van der Waals surface area contributed by atoms with Crippen LogP contribution in [0.25, 0.3) is 0 Å². The van der Waals surface area contributed by atoms with E-state index in [0.717, 1.165) is 5.56 Å². The number of methoxy groups -OCH3 is 1. The first-order chi connectivity index (χ1) is 10.7. The monoisotopic (exact) mass is 318 g/mol. The number of Topliss-reactive ketones (excluding diaryl/α,β-unsaturated/α-hetero) is 1. The van der Waals surface area contributed by atoms with Crippen molar-refractivity contribution in [3.8, 4) is 5.75 Å². The van der Waals surface area contributed by atoms with E-state index in [0.29, 0.717) is 17.9 Å². The second kappa shape index (κ2) is 7.61. The van der Waals surface area contributed by atoms with Gasteiger partial charge < -0.3 is 9.47 Å². The van der Waals surface area contributed by atoms with Crippen LogP contribution in [0.3, 0.4) is 0 Å². The number of esters is 1. The summed E-state index contributed by atoms with van der Waals surface area (Å²) in [6, 6.07) is 14.2. The molecule has 0 spiro atoms. The Morgan fingerprint density at radius 1 is 1.09 bits per heavy atom. The third-order valence-electron chi connectivity index (χ3n) is 3.07. The summed E-state index contributed by atoms with van der Waals surface area (Å²) < 4.78 is 10.4. The summed E-state index contributed by atoms with van der Waals surface area (Å²) in [6.45, 7) is 0.313. The zero-order valence-corrected chi connectivity index (χ0v) is 12.8. The molecule has 0 N–H and O–H groups in total. The van der Waals surface area contributed by atoms with Gasteiger partial charge in [-0.15, -0.1) is 11.6 Å². The first-order valence-electron chi connectivity index (χ1n) is 6.64. The van der Waals surface area contributed by atoms with Gasteiger partial charge in [-0.25, -0.2) is 4.79 Å². The minimum absolute atomic E-state index is 0.148. The van der Waals surface area contributed by atoms with Crippen LogP contribution in [0.4, 0.5) is 0 Å². The van der Waals surface area contributed by atoms with Crippen LogP contribution >= 0.6 is 11.6 Å². The molecule has 0 saturated heterocycles. The number of hydrogen-bond donors (Lipinski definition) is 0. The second-order valence-corrected chi connectivity index (χ2v) is 4.80. The number of ketones is 1. The van der Waals surface area contributed by atoms with Crippen molar-refractivity contribution in [3.05, 3.63) is 65.2 Å². The van der Waals surface area contributed by atoms with Crippen molar-refractivity contribution < 1.29 is 19.1 Å². The molecule has 0 aliphatic heterocycles. The molecule has 2 rings (SSSR count). The van der Waals surface area contributed by atoms with E-state index in [1.165, 1.54) is 13.2 Å². The average molecular weight is 319 g/mol. The maximum Gasteiger partial charge on any atom is 0.341 e. The van der Waals surface area contributed by atoms with E-state index in [1.807, 2.05) is 30.3 Å². The molecule has 0 aliphatic carbocycles. The molecule has 0 heterocycles. The molecule has 0 amide bonds. The normalized spacial score (nSPS) is 10.1. The molecular formula is C17H15ClO4. The van der Waals surface area contributed by atoms with Crippen molar-refractivity contribution in [2.45, 2.75) is 6.61 Å². The van der Waals surface area contributed by atoms with Crippen LogP contribution < -0.4 is 4.74 Å². The Morgan fingerprint density at radius 2 is 1.82 bits per heavy atom. The van der Waals surface area contributed by atoms with Crippen molar-refractivity contribution in [1.82, 2.24) is 0 Å². The highest BCUT2D eigenvalue weighted by Gasteiger charge is 2.16. The molecule has 0 unspecified atom stereocenters. The fraction of sp³-hybridized carbons (Fsp3) is 0.176. The topological polar surface area (TPSA) is 52.6 Å². The summed E-state index contributed by atoms with van der Waals surface area (Å²) in [5, 5.41) is 0. The number of carbonyl (C=O) groups is 2. The van der Waals surface area contributed by atoms with E-state index in [1.54, 1.807) is 12.1 Å². The zero-order chi connectivity index (χ0) is 15.9. The van der Waals surface area contributed by atoms with Crippen LogP contribution in [0, 0.1) is 0 Å². The lowest BCUT2D eigenvalue weighted by Crippen LogP contribution is -2.09. The van der Waals surface area contributed by atoms with Gasteiger partial charge in [0.2, 0.25) is 0 Å². The molecule has 5 heteroatoms. The number of carbonyl (C=O) groups excluding carboxylic acids is 2. The lowest BCUT2D eigenvalue weighted by atomic mass is 10.1. The Morgan fingerprint density at radius 3 is 2.45 bits per heavy atom. The highest BCUT2D eigenvalue weighted by molar-refractivity contribution is 6.30. The lowest BCUT2D eigenvalue weighted by molar-refractivity contribution is 0.0595.